The van der Waals surface area contributed by atoms with Crippen molar-refractivity contribution in [3.05, 3.63) is 65.9 Å². The van der Waals surface area contributed by atoms with E-state index in [2.05, 4.69) is 36.4 Å². The predicted molar refractivity (Wildman–Crippen MR) is 109 cm³/mol. The first-order valence-corrected chi connectivity index (χ1v) is 9.09. The van der Waals surface area contributed by atoms with E-state index in [0.717, 1.165) is 16.6 Å². The van der Waals surface area contributed by atoms with E-state index in [1.54, 1.807) is 0 Å². The van der Waals surface area contributed by atoms with E-state index < -0.39 is 0 Å². The molecule has 5 nitrogen and oxygen atoms in total. The van der Waals surface area contributed by atoms with Crippen LogP contribution < -0.4 is 10.6 Å². The Bertz CT molecular complexity index is 950. The van der Waals surface area contributed by atoms with Crippen molar-refractivity contribution in [1.29, 1.82) is 0 Å². The third-order valence-corrected chi connectivity index (χ3v) is 4.52. The smallest absolute Gasteiger partial charge is 0.251 e. The Hall–Kier alpha value is -3.08. The number of fused-ring (bicyclic) bond motifs is 1. The van der Waals surface area contributed by atoms with Gasteiger partial charge in [-0.1, -0.05) is 39.0 Å². The van der Waals surface area contributed by atoms with Crippen molar-refractivity contribution in [3.63, 3.8) is 0 Å². The van der Waals surface area contributed by atoms with E-state index in [1.807, 2.05) is 54.7 Å². The third kappa shape index (κ3) is 4.56. The molecule has 0 unspecified atom stereocenters. The van der Waals surface area contributed by atoms with Gasteiger partial charge in [-0.15, -0.1) is 0 Å². The summed E-state index contributed by atoms with van der Waals surface area (Å²) >= 11 is 0. The van der Waals surface area contributed by atoms with E-state index in [4.69, 9.17) is 0 Å². The van der Waals surface area contributed by atoms with Gasteiger partial charge in [0.1, 0.15) is 0 Å². The van der Waals surface area contributed by atoms with Gasteiger partial charge in [0.05, 0.1) is 5.69 Å². The summed E-state index contributed by atoms with van der Waals surface area (Å²) in [4.78, 5) is 27.5. The molecule has 0 radical (unpaired) electrons. The lowest BCUT2D eigenvalue weighted by molar-refractivity contribution is -0.116. The highest BCUT2D eigenvalue weighted by Gasteiger charge is 2.14. The number of aromatic amines is 1. The number of carbonyl (C=O) groups excluding carboxylic acids is 2. The summed E-state index contributed by atoms with van der Waals surface area (Å²) in [5.74, 6) is -0.303. The van der Waals surface area contributed by atoms with Crippen molar-refractivity contribution >= 4 is 28.4 Å². The first-order chi connectivity index (χ1) is 12.8. The van der Waals surface area contributed by atoms with E-state index in [-0.39, 0.29) is 30.2 Å². The fraction of sp³-hybridized carbons (Fsp3) is 0.273. The lowest BCUT2D eigenvalue weighted by atomic mass is 9.87. The van der Waals surface area contributed by atoms with Crippen molar-refractivity contribution < 1.29 is 9.59 Å². The van der Waals surface area contributed by atoms with Crippen LogP contribution in [0, 0.1) is 0 Å². The topological polar surface area (TPSA) is 74.0 Å². The average Bonchev–Trinajstić information content (AvgIpc) is 3.11. The first-order valence-electron chi connectivity index (χ1n) is 9.09. The van der Waals surface area contributed by atoms with E-state index >= 15 is 0 Å². The number of aromatic nitrogens is 1. The minimum Gasteiger partial charge on any atom is -0.361 e. The minimum atomic E-state index is -0.170. The van der Waals surface area contributed by atoms with Gasteiger partial charge in [0.15, 0.2) is 0 Å². The van der Waals surface area contributed by atoms with Crippen molar-refractivity contribution in [2.24, 2.45) is 0 Å². The fourth-order valence-electron chi connectivity index (χ4n) is 2.92. The second-order valence-electron chi connectivity index (χ2n) is 7.63. The molecule has 0 bridgehead atoms. The Kier molecular flexibility index (Phi) is 5.31. The van der Waals surface area contributed by atoms with Gasteiger partial charge in [0.25, 0.3) is 5.91 Å². The van der Waals surface area contributed by atoms with Gasteiger partial charge in [-0.2, -0.15) is 0 Å². The number of H-pyrrole nitrogens is 1. The number of amides is 2. The van der Waals surface area contributed by atoms with Gasteiger partial charge in [-0.25, -0.2) is 0 Å². The van der Waals surface area contributed by atoms with Crippen molar-refractivity contribution in [2.45, 2.75) is 32.6 Å². The molecule has 2 aromatic carbocycles. The Morgan fingerprint density at radius 1 is 1.00 bits per heavy atom. The van der Waals surface area contributed by atoms with Crippen LogP contribution in [0.25, 0.3) is 10.9 Å². The molecule has 3 N–H and O–H groups in total. The van der Waals surface area contributed by atoms with Crippen LogP contribution in [0.1, 0.15) is 43.1 Å². The van der Waals surface area contributed by atoms with Gasteiger partial charge in [0, 0.05) is 35.6 Å². The SMILES string of the molecule is CC(C)(C)c1ccc(C(=O)NCCC(=O)Nc2cccc3[nH]ccc23)cc1. The van der Waals surface area contributed by atoms with E-state index in [0.29, 0.717) is 5.56 Å². The normalized spacial score (nSPS) is 11.4. The zero-order valence-electron chi connectivity index (χ0n) is 15.9. The maximum atomic E-state index is 12.2. The second-order valence-corrected chi connectivity index (χ2v) is 7.63. The molecule has 0 saturated carbocycles. The fourth-order valence-corrected chi connectivity index (χ4v) is 2.92. The molecular weight excluding hydrogens is 338 g/mol. The molecule has 2 amide bonds. The first kappa shape index (κ1) is 18.7. The van der Waals surface area contributed by atoms with Gasteiger partial charge in [0.2, 0.25) is 5.91 Å². The van der Waals surface area contributed by atoms with Crippen LogP contribution in [0.5, 0.6) is 0 Å². The quantitative estimate of drug-likeness (QED) is 0.635. The lowest BCUT2D eigenvalue weighted by Crippen LogP contribution is -2.27. The maximum absolute atomic E-state index is 12.2. The molecule has 27 heavy (non-hydrogen) atoms. The number of carbonyl (C=O) groups is 2. The minimum absolute atomic E-state index is 0.0510. The summed E-state index contributed by atoms with van der Waals surface area (Å²) in [6.45, 7) is 6.69. The summed E-state index contributed by atoms with van der Waals surface area (Å²) in [6, 6.07) is 15.2. The van der Waals surface area contributed by atoms with Crippen LogP contribution in [0.3, 0.4) is 0 Å². The second kappa shape index (κ2) is 7.66. The monoisotopic (exact) mass is 363 g/mol. The molecule has 1 aromatic heterocycles. The highest BCUT2D eigenvalue weighted by molar-refractivity contribution is 6.01. The van der Waals surface area contributed by atoms with Gasteiger partial charge in [-0.05, 0) is 41.3 Å². The van der Waals surface area contributed by atoms with Gasteiger partial charge >= 0.3 is 0 Å². The van der Waals surface area contributed by atoms with Crippen molar-refractivity contribution in [2.75, 3.05) is 11.9 Å². The molecule has 0 spiro atoms. The highest BCUT2D eigenvalue weighted by atomic mass is 16.2. The van der Waals surface area contributed by atoms with Crippen LogP contribution >= 0.6 is 0 Å². The molecular formula is C22H25N3O2. The van der Waals surface area contributed by atoms with Gasteiger partial charge in [-0.3, -0.25) is 9.59 Å². The molecule has 1 heterocycles. The predicted octanol–water partition coefficient (Wildman–Crippen LogP) is 4.22. The van der Waals surface area contributed by atoms with Crippen LogP contribution in [0.2, 0.25) is 0 Å². The Balaban J connectivity index is 1.51. The molecule has 3 rings (SSSR count). The van der Waals surface area contributed by atoms with Crippen LogP contribution in [0.15, 0.2) is 54.7 Å². The van der Waals surface area contributed by atoms with E-state index in [1.165, 1.54) is 5.56 Å². The van der Waals surface area contributed by atoms with Crippen molar-refractivity contribution in [3.8, 4) is 0 Å². The van der Waals surface area contributed by atoms with Crippen molar-refractivity contribution in [1.82, 2.24) is 10.3 Å². The van der Waals surface area contributed by atoms with Gasteiger partial charge < -0.3 is 15.6 Å². The molecule has 5 heteroatoms. The number of hydrogen-bond donors (Lipinski definition) is 3. The largest absolute Gasteiger partial charge is 0.361 e. The number of rotatable bonds is 5. The summed E-state index contributed by atoms with van der Waals surface area (Å²) in [5, 5.41) is 6.66. The van der Waals surface area contributed by atoms with Crippen LogP contribution in [-0.2, 0) is 10.2 Å². The number of anilines is 1. The summed E-state index contributed by atoms with van der Waals surface area (Å²) in [5.41, 5.74) is 3.57. The summed E-state index contributed by atoms with van der Waals surface area (Å²) in [6.07, 6.45) is 2.05. The zero-order valence-corrected chi connectivity index (χ0v) is 15.9. The zero-order chi connectivity index (χ0) is 19.4. The molecule has 0 atom stereocenters. The number of hydrogen-bond acceptors (Lipinski definition) is 2. The molecule has 140 valence electrons. The average molecular weight is 363 g/mol. The standard InChI is InChI=1S/C22H25N3O2/c1-22(2,3)16-9-7-15(8-10-16)21(27)24-14-12-20(26)25-19-6-4-5-18-17(19)11-13-23-18/h4-11,13,23H,12,14H2,1-3H3,(H,24,27)(H,25,26). The van der Waals surface area contributed by atoms with Crippen LogP contribution in [0.4, 0.5) is 5.69 Å². The van der Waals surface area contributed by atoms with Crippen LogP contribution in [-0.4, -0.2) is 23.3 Å². The summed E-state index contributed by atoms with van der Waals surface area (Å²) in [7, 11) is 0. The Labute approximate surface area is 159 Å². The molecule has 0 aliphatic rings. The lowest BCUT2D eigenvalue weighted by Gasteiger charge is -2.19. The Morgan fingerprint density at radius 3 is 2.44 bits per heavy atom. The van der Waals surface area contributed by atoms with E-state index in [9.17, 15) is 9.59 Å². The molecule has 0 aliphatic heterocycles. The third-order valence-electron chi connectivity index (χ3n) is 4.52. The maximum Gasteiger partial charge on any atom is 0.251 e. The molecule has 0 saturated heterocycles. The molecule has 0 aliphatic carbocycles. The number of benzene rings is 2. The Morgan fingerprint density at radius 2 is 1.74 bits per heavy atom. The molecule has 3 aromatic rings. The molecule has 0 fully saturated rings. The highest BCUT2D eigenvalue weighted by Crippen LogP contribution is 2.23. The number of nitrogens with one attached hydrogen (secondary N) is 3. The summed E-state index contributed by atoms with van der Waals surface area (Å²) < 4.78 is 0.